The summed E-state index contributed by atoms with van der Waals surface area (Å²) in [7, 11) is 0. The number of Topliss-reactive ketones (excluding diaryl/α,β-unsaturated/α-hetero) is 1. The summed E-state index contributed by atoms with van der Waals surface area (Å²) in [6.07, 6.45) is 1.75. The van der Waals surface area contributed by atoms with Crippen LogP contribution in [0.2, 0.25) is 0 Å². The maximum atomic E-state index is 13.4. The standard InChI is InChI=1S/C17H17FO2/c18-16-11-5-4-10-15(16)17(19)13-20-12-6-9-14-7-2-1-3-8-14/h1-5,7-8,10-11H,6,9,12-13H2. The Bertz CT molecular complexity index is 552. The van der Waals surface area contributed by atoms with Crippen molar-refractivity contribution < 1.29 is 13.9 Å². The summed E-state index contributed by atoms with van der Waals surface area (Å²) < 4.78 is 18.7. The number of hydrogen-bond donors (Lipinski definition) is 0. The largest absolute Gasteiger partial charge is 0.373 e. The first-order valence-corrected chi connectivity index (χ1v) is 6.67. The fourth-order valence-electron chi connectivity index (χ4n) is 1.95. The van der Waals surface area contributed by atoms with Crippen LogP contribution in [-0.4, -0.2) is 19.0 Å². The maximum absolute atomic E-state index is 13.4. The monoisotopic (exact) mass is 272 g/mol. The lowest BCUT2D eigenvalue weighted by Crippen LogP contribution is -2.11. The van der Waals surface area contributed by atoms with E-state index in [1.165, 1.54) is 17.7 Å². The zero-order valence-corrected chi connectivity index (χ0v) is 11.2. The Kier molecular flexibility index (Phi) is 5.44. The van der Waals surface area contributed by atoms with Crippen LogP contribution in [0.1, 0.15) is 22.3 Å². The first-order chi connectivity index (χ1) is 9.77. The molecule has 0 atom stereocenters. The highest BCUT2D eigenvalue weighted by Gasteiger charge is 2.10. The Labute approximate surface area is 118 Å². The fourth-order valence-corrected chi connectivity index (χ4v) is 1.95. The summed E-state index contributed by atoms with van der Waals surface area (Å²) >= 11 is 0. The SMILES string of the molecule is O=C(COCCCc1ccccc1)c1ccccc1F. The van der Waals surface area contributed by atoms with Gasteiger partial charge in [0.1, 0.15) is 12.4 Å². The van der Waals surface area contributed by atoms with Crippen molar-refractivity contribution >= 4 is 5.78 Å². The highest BCUT2D eigenvalue weighted by Crippen LogP contribution is 2.08. The Morgan fingerprint density at radius 3 is 2.45 bits per heavy atom. The van der Waals surface area contributed by atoms with E-state index in [1.54, 1.807) is 12.1 Å². The highest BCUT2D eigenvalue weighted by molar-refractivity contribution is 5.97. The molecule has 0 aliphatic rings. The van der Waals surface area contributed by atoms with Crippen molar-refractivity contribution in [1.29, 1.82) is 0 Å². The van der Waals surface area contributed by atoms with Crippen LogP contribution < -0.4 is 0 Å². The van der Waals surface area contributed by atoms with Crippen LogP contribution in [0.15, 0.2) is 54.6 Å². The molecule has 0 amide bonds. The van der Waals surface area contributed by atoms with Gasteiger partial charge < -0.3 is 4.74 Å². The average molecular weight is 272 g/mol. The van der Waals surface area contributed by atoms with E-state index in [0.29, 0.717) is 6.61 Å². The molecule has 0 spiro atoms. The van der Waals surface area contributed by atoms with Gasteiger partial charge in [-0.2, -0.15) is 0 Å². The van der Waals surface area contributed by atoms with Crippen molar-refractivity contribution in [1.82, 2.24) is 0 Å². The molecule has 20 heavy (non-hydrogen) atoms. The minimum absolute atomic E-state index is 0.0737. The van der Waals surface area contributed by atoms with Gasteiger partial charge in [0.05, 0.1) is 5.56 Å². The van der Waals surface area contributed by atoms with E-state index in [2.05, 4.69) is 12.1 Å². The maximum Gasteiger partial charge on any atom is 0.191 e. The third-order valence-electron chi connectivity index (χ3n) is 3.00. The summed E-state index contributed by atoms with van der Waals surface area (Å²) in [5.74, 6) is -0.812. The lowest BCUT2D eigenvalue weighted by Gasteiger charge is -2.05. The number of ketones is 1. The van der Waals surface area contributed by atoms with Crippen LogP contribution in [0.4, 0.5) is 4.39 Å². The topological polar surface area (TPSA) is 26.3 Å². The van der Waals surface area contributed by atoms with E-state index in [-0.39, 0.29) is 18.0 Å². The Balaban J connectivity index is 1.69. The molecule has 0 aliphatic heterocycles. The Hall–Kier alpha value is -2.00. The molecule has 0 saturated heterocycles. The van der Waals surface area contributed by atoms with E-state index < -0.39 is 5.82 Å². The van der Waals surface area contributed by atoms with E-state index >= 15 is 0 Å². The van der Waals surface area contributed by atoms with Crippen molar-refractivity contribution in [2.24, 2.45) is 0 Å². The predicted octanol–water partition coefficient (Wildman–Crippen LogP) is 3.66. The van der Waals surface area contributed by atoms with Gasteiger partial charge >= 0.3 is 0 Å². The van der Waals surface area contributed by atoms with Crippen LogP contribution in [0.5, 0.6) is 0 Å². The van der Waals surface area contributed by atoms with Gasteiger partial charge in [0.2, 0.25) is 0 Å². The summed E-state index contributed by atoms with van der Waals surface area (Å²) in [5, 5.41) is 0. The van der Waals surface area contributed by atoms with Gasteiger partial charge in [-0.15, -0.1) is 0 Å². The number of carbonyl (C=O) groups excluding carboxylic acids is 1. The van der Waals surface area contributed by atoms with Gasteiger partial charge in [0.25, 0.3) is 0 Å². The zero-order valence-electron chi connectivity index (χ0n) is 11.2. The van der Waals surface area contributed by atoms with Crippen LogP contribution in [-0.2, 0) is 11.2 Å². The molecule has 0 fully saturated rings. The number of rotatable bonds is 7. The first-order valence-electron chi connectivity index (χ1n) is 6.67. The summed E-state index contributed by atoms with van der Waals surface area (Å²) in [6.45, 7) is 0.421. The quantitative estimate of drug-likeness (QED) is 0.568. The van der Waals surface area contributed by atoms with Crippen LogP contribution in [0.25, 0.3) is 0 Å². The molecule has 0 heterocycles. The van der Waals surface area contributed by atoms with E-state index in [0.717, 1.165) is 12.8 Å². The molecule has 0 unspecified atom stereocenters. The van der Waals surface area contributed by atoms with Crippen LogP contribution >= 0.6 is 0 Å². The summed E-state index contributed by atoms with van der Waals surface area (Å²) in [4.78, 5) is 11.7. The second-order valence-corrected chi connectivity index (χ2v) is 4.54. The zero-order chi connectivity index (χ0) is 14.2. The second-order valence-electron chi connectivity index (χ2n) is 4.54. The van der Waals surface area contributed by atoms with E-state index in [4.69, 9.17) is 4.74 Å². The molecule has 0 radical (unpaired) electrons. The van der Waals surface area contributed by atoms with Gasteiger partial charge in [0, 0.05) is 6.61 Å². The fraction of sp³-hybridized carbons (Fsp3) is 0.235. The minimum atomic E-state index is -0.495. The molecule has 2 aromatic carbocycles. The molecular formula is C17H17FO2. The minimum Gasteiger partial charge on any atom is -0.373 e. The third kappa shape index (κ3) is 4.28. The van der Waals surface area contributed by atoms with Crippen molar-refractivity contribution in [2.45, 2.75) is 12.8 Å². The van der Waals surface area contributed by atoms with Gasteiger partial charge in [-0.05, 0) is 30.5 Å². The van der Waals surface area contributed by atoms with E-state index in [9.17, 15) is 9.18 Å². The summed E-state index contributed by atoms with van der Waals surface area (Å²) in [6, 6.07) is 16.1. The number of benzene rings is 2. The van der Waals surface area contributed by atoms with E-state index in [1.807, 2.05) is 18.2 Å². The van der Waals surface area contributed by atoms with Gasteiger partial charge in [0.15, 0.2) is 5.78 Å². The number of halogens is 1. The van der Waals surface area contributed by atoms with Crippen molar-refractivity contribution in [3.8, 4) is 0 Å². The van der Waals surface area contributed by atoms with Crippen LogP contribution in [0, 0.1) is 5.82 Å². The summed E-state index contributed by atoms with van der Waals surface area (Å²) in [5.41, 5.74) is 1.34. The van der Waals surface area contributed by atoms with Crippen molar-refractivity contribution in [3.05, 3.63) is 71.5 Å². The number of carbonyl (C=O) groups is 1. The number of ether oxygens (including phenoxy) is 1. The molecule has 0 bridgehead atoms. The lowest BCUT2D eigenvalue weighted by atomic mass is 10.1. The molecule has 0 N–H and O–H groups in total. The van der Waals surface area contributed by atoms with Crippen molar-refractivity contribution in [3.63, 3.8) is 0 Å². The van der Waals surface area contributed by atoms with Gasteiger partial charge in [-0.1, -0.05) is 42.5 Å². The molecule has 2 rings (SSSR count). The molecule has 2 aromatic rings. The van der Waals surface area contributed by atoms with Crippen LogP contribution in [0.3, 0.4) is 0 Å². The van der Waals surface area contributed by atoms with Crippen molar-refractivity contribution in [2.75, 3.05) is 13.2 Å². The molecular weight excluding hydrogens is 255 g/mol. The molecule has 2 nitrogen and oxygen atoms in total. The second kappa shape index (κ2) is 7.56. The number of aryl methyl sites for hydroxylation is 1. The normalized spacial score (nSPS) is 10.4. The molecule has 0 aliphatic carbocycles. The number of hydrogen-bond acceptors (Lipinski definition) is 2. The Morgan fingerprint density at radius 1 is 1.00 bits per heavy atom. The Morgan fingerprint density at radius 2 is 1.70 bits per heavy atom. The molecule has 0 aromatic heterocycles. The average Bonchev–Trinajstić information content (AvgIpc) is 2.48. The van der Waals surface area contributed by atoms with Gasteiger partial charge in [-0.3, -0.25) is 4.79 Å². The smallest absolute Gasteiger partial charge is 0.191 e. The predicted molar refractivity (Wildman–Crippen MR) is 76.3 cm³/mol. The van der Waals surface area contributed by atoms with Gasteiger partial charge in [-0.25, -0.2) is 4.39 Å². The first kappa shape index (κ1) is 14.4. The molecule has 104 valence electrons. The highest BCUT2D eigenvalue weighted by atomic mass is 19.1. The molecule has 0 saturated carbocycles. The molecule has 3 heteroatoms. The third-order valence-corrected chi connectivity index (χ3v) is 3.00. The lowest BCUT2D eigenvalue weighted by molar-refractivity contribution is 0.0752.